The SMILES string of the molecule is OC1=CC=CN(Cc2ccccc2)C1O. The smallest absolute Gasteiger partial charge is 0.185 e. The topological polar surface area (TPSA) is 43.7 Å². The molecule has 1 heterocycles. The van der Waals surface area contributed by atoms with Crippen molar-refractivity contribution in [3.8, 4) is 0 Å². The summed E-state index contributed by atoms with van der Waals surface area (Å²) in [6, 6.07) is 9.81. The number of benzene rings is 1. The minimum Gasteiger partial charge on any atom is -0.508 e. The van der Waals surface area contributed by atoms with E-state index in [1.54, 1.807) is 17.2 Å². The summed E-state index contributed by atoms with van der Waals surface area (Å²) in [5.74, 6) is -0.0200. The summed E-state index contributed by atoms with van der Waals surface area (Å²) in [4.78, 5) is 1.67. The zero-order valence-electron chi connectivity index (χ0n) is 8.24. The molecule has 0 fully saturated rings. The van der Waals surface area contributed by atoms with Gasteiger partial charge in [0, 0.05) is 12.7 Å². The largest absolute Gasteiger partial charge is 0.508 e. The van der Waals surface area contributed by atoms with Gasteiger partial charge in [-0.25, -0.2) is 0 Å². The highest BCUT2D eigenvalue weighted by atomic mass is 16.3. The molecule has 0 aromatic heterocycles. The molecule has 1 atom stereocenters. The Hall–Kier alpha value is -1.74. The molecule has 3 nitrogen and oxygen atoms in total. The summed E-state index contributed by atoms with van der Waals surface area (Å²) in [5.41, 5.74) is 1.09. The Bertz CT molecular complexity index is 384. The normalized spacial score (nSPS) is 20.2. The first-order valence-electron chi connectivity index (χ1n) is 4.82. The number of aliphatic hydroxyl groups excluding tert-OH is 2. The average molecular weight is 203 g/mol. The van der Waals surface area contributed by atoms with Crippen LogP contribution in [0, 0.1) is 0 Å². The molecule has 0 bridgehead atoms. The van der Waals surface area contributed by atoms with Crippen LogP contribution in [-0.4, -0.2) is 21.3 Å². The van der Waals surface area contributed by atoms with Crippen LogP contribution >= 0.6 is 0 Å². The molecule has 1 aliphatic rings. The van der Waals surface area contributed by atoms with Gasteiger partial charge in [0.05, 0.1) is 0 Å². The second-order valence-electron chi connectivity index (χ2n) is 3.46. The van der Waals surface area contributed by atoms with Gasteiger partial charge in [-0.05, 0) is 17.7 Å². The first-order chi connectivity index (χ1) is 7.27. The van der Waals surface area contributed by atoms with E-state index in [2.05, 4.69) is 0 Å². The van der Waals surface area contributed by atoms with E-state index < -0.39 is 6.23 Å². The molecular formula is C12H13NO2. The predicted molar refractivity (Wildman–Crippen MR) is 57.8 cm³/mol. The van der Waals surface area contributed by atoms with E-state index in [1.807, 2.05) is 30.3 Å². The minimum atomic E-state index is -0.935. The Morgan fingerprint density at radius 2 is 1.93 bits per heavy atom. The second kappa shape index (κ2) is 4.19. The van der Waals surface area contributed by atoms with E-state index in [-0.39, 0.29) is 5.76 Å². The minimum absolute atomic E-state index is 0.0200. The van der Waals surface area contributed by atoms with Crippen LogP contribution in [0.15, 0.2) is 54.4 Å². The molecule has 1 aromatic carbocycles. The quantitative estimate of drug-likeness (QED) is 0.770. The molecule has 0 spiro atoms. The average Bonchev–Trinajstić information content (AvgIpc) is 2.26. The van der Waals surface area contributed by atoms with Crippen LogP contribution in [0.2, 0.25) is 0 Å². The Labute approximate surface area is 88.6 Å². The molecular weight excluding hydrogens is 190 g/mol. The lowest BCUT2D eigenvalue weighted by atomic mass is 10.2. The highest BCUT2D eigenvalue weighted by Crippen LogP contribution is 2.15. The van der Waals surface area contributed by atoms with Gasteiger partial charge in [0.15, 0.2) is 6.23 Å². The van der Waals surface area contributed by atoms with Gasteiger partial charge in [0.25, 0.3) is 0 Å². The van der Waals surface area contributed by atoms with Crippen LogP contribution in [0.4, 0.5) is 0 Å². The van der Waals surface area contributed by atoms with Crippen molar-refractivity contribution in [2.75, 3.05) is 0 Å². The van der Waals surface area contributed by atoms with Crippen molar-refractivity contribution in [3.63, 3.8) is 0 Å². The first-order valence-corrected chi connectivity index (χ1v) is 4.82. The molecule has 0 saturated heterocycles. The maximum atomic E-state index is 9.66. The van der Waals surface area contributed by atoms with E-state index in [0.29, 0.717) is 6.54 Å². The van der Waals surface area contributed by atoms with E-state index in [1.165, 1.54) is 6.08 Å². The number of aliphatic hydroxyl groups is 2. The van der Waals surface area contributed by atoms with Crippen molar-refractivity contribution in [2.24, 2.45) is 0 Å². The molecule has 2 N–H and O–H groups in total. The highest BCUT2D eigenvalue weighted by molar-refractivity contribution is 5.19. The first kappa shape index (κ1) is 9.80. The number of allylic oxidation sites excluding steroid dienone is 2. The third-order valence-corrected chi connectivity index (χ3v) is 2.33. The van der Waals surface area contributed by atoms with Gasteiger partial charge in [-0.2, -0.15) is 0 Å². The number of nitrogens with zero attached hydrogens (tertiary/aromatic N) is 1. The van der Waals surface area contributed by atoms with Crippen molar-refractivity contribution < 1.29 is 10.2 Å². The van der Waals surface area contributed by atoms with Gasteiger partial charge >= 0.3 is 0 Å². The molecule has 2 rings (SSSR count). The lowest BCUT2D eigenvalue weighted by molar-refractivity contribution is 0.0268. The van der Waals surface area contributed by atoms with Crippen LogP contribution in [0.5, 0.6) is 0 Å². The summed E-state index contributed by atoms with van der Waals surface area (Å²) < 4.78 is 0. The van der Waals surface area contributed by atoms with Gasteiger partial charge in [-0.1, -0.05) is 30.3 Å². The molecule has 78 valence electrons. The molecule has 0 amide bonds. The Morgan fingerprint density at radius 3 is 2.67 bits per heavy atom. The fraction of sp³-hybridized carbons (Fsp3) is 0.167. The van der Waals surface area contributed by atoms with Crippen molar-refractivity contribution in [1.29, 1.82) is 0 Å². The van der Waals surface area contributed by atoms with Crippen LogP contribution in [0.25, 0.3) is 0 Å². The third-order valence-electron chi connectivity index (χ3n) is 2.33. The van der Waals surface area contributed by atoms with Crippen molar-refractivity contribution in [3.05, 3.63) is 60.0 Å². The van der Waals surface area contributed by atoms with Crippen LogP contribution in [-0.2, 0) is 6.54 Å². The molecule has 0 aliphatic carbocycles. The zero-order valence-corrected chi connectivity index (χ0v) is 8.24. The van der Waals surface area contributed by atoms with Crippen molar-refractivity contribution in [2.45, 2.75) is 12.8 Å². The van der Waals surface area contributed by atoms with Crippen molar-refractivity contribution in [1.82, 2.24) is 4.90 Å². The van der Waals surface area contributed by atoms with Gasteiger partial charge in [0.1, 0.15) is 5.76 Å². The highest BCUT2D eigenvalue weighted by Gasteiger charge is 2.18. The Balaban J connectivity index is 2.08. The second-order valence-corrected chi connectivity index (χ2v) is 3.46. The number of hydrogen-bond donors (Lipinski definition) is 2. The van der Waals surface area contributed by atoms with Gasteiger partial charge in [0.2, 0.25) is 0 Å². The molecule has 15 heavy (non-hydrogen) atoms. The van der Waals surface area contributed by atoms with E-state index in [9.17, 15) is 10.2 Å². The molecule has 0 saturated carbocycles. The summed E-state index contributed by atoms with van der Waals surface area (Å²) in [6.07, 6.45) is 4.03. The van der Waals surface area contributed by atoms with Crippen LogP contribution in [0.1, 0.15) is 5.56 Å². The maximum absolute atomic E-state index is 9.66. The van der Waals surface area contributed by atoms with Gasteiger partial charge in [-0.15, -0.1) is 0 Å². The van der Waals surface area contributed by atoms with Crippen LogP contribution in [0.3, 0.4) is 0 Å². The summed E-state index contributed by atoms with van der Waals surface area (Å²) in [5, 5.41) is 19.0. The lowest BCUT2D eigenvalue weighted by Crippen LogP contribution is -2.33. The standard InChI is InChI=1S/C12H13NO2/c14-11-7-4-8-13(12(11)15)9-10-5-2-1-3-6-10/h1-8,12,14-15H,9H2. The fourth-order valence-electron chi connectivity index (χ4n) is 1.52. The summed E-state index contributed by atoms with van der Waals surface area (Å²) in [6.45, 7) is 0.580. The van der Waals surface area contributed by atoms with Gasteiger partial charge < -0.3 is 15.1 Å². The zero-order chi connectivity index (χ0) is 10.7. The molecule has 0 radical (unpaired) electrons. The number of rotatable bonds is 2. The molecule has 1 unspecified atom stereocenters. The Morgan fingerprint density at radius 1 is 1.20 bits per heavy atom. The van der Waals surface area contributed by atoms with Crippen molar-refractivity contribution >= 4 is 0 Å². The monoisotopic (exact) mass is 203 g/mol. The van der Waals surface area contributed by atoms with E-state index in [0.717, 1.165) is 5.56 Å². The molecule has 1 aliphatic heterocycles. The number of hydrogen-bond acceptors (Lipinski definition) is 3. The Kier molecular flexibility index (Phi) is 2.74. The van der Waals surface area contributed by atoms with E-state index in [4.69, 9.17) is 0 Å². The summed E-state index contributed by atoms with van der Waals surface area (Å²) in [7, 11) is 0. The summed E-state index contributed by atoms with van der Waals surface area (Å²) >= 11 is 0. The van der Waals surface area contributed by atoms with Gasteiger partial charge in [-0.3, -0.25) is 0 Å². The predicted octanol–water partition coefficient (Wildman–Crippen LogP) is 1.78. The third kappa shape index (κ3) is 2.19. The maximum Gasteiger partial charge on any atom is 0.185 e. The lowest BCUT2D eigenvalue weighted by Gasteiger charge is -2.28. The molecule has 1 aromatic rings. The van der Waals surface area contributed by atoms with Crippen LogP contribution < -0.4 is 0 Å². The fourth-order valence-corrected chi connectivity index (χ4v) is 1.52. The van der Waals surface area contributed by atoms with E-state index >= 15 is 0 Å². The molecule has 3 heteroatoms.